The summed E-state index contributed by atoms with van der Waals surface area (Å²) >= 11 is 0. The van der Waals surface area contributed by atoms with E-state index in [0.29, 0.717) is 5.56 Å². The molecule has 0 aliphatic carbocycles. The lowest BCUT2D eigenvalue weighted by Gasteiger charge is -2.13. The minimum absolute atomic E-state index is 0.156. The molecular formula is C38H50O6P2. The van der Waals surface area contributed by atoms with Crippen LogP contribution < -0.4 is 0 Å². The first kappa shape index (κ1) is 40.8. The van der Waals surface area contributed by atoms with Gasteiger partial charge in [-0.15, -0.1) is 0 Å². The van der Waals surface area contributed by atoms with Gasteiger partial charge in [-0.1, -0.05) is 151 Å². The van der Waals surface area contributed by atoms with Crippen LogP contribution in [0, 0.1) is 0 Å². The first-order valence-corrected chi connectivity index (χ1v) is 18.5. The third kappa shape index (κ3) is 11.9. The molecule has 6 nitrogen and oxygen atoms in total. The van der Waals surface area contributed by atoms with Gasteiger partial charge < -0.3 is 18.1 Å². The first-order chi connectivity index (χ1) is 22.4. The number of carbonyl (C=O) groups is 1. The minimum atomic E-state index is -3.12. The summed E-state index contributed by atoms with van der Waals surface area (Å²) in [5.41, 5.74) is 5.43. The molecule has 0 aromatic heterocycles. The molecule has 0 N–H and O–H groups in total. The second kappa shape index (κ2) is 22.3. The smallest absolute Gasteiger partial charge is 0.332 e. The monoisotopic (exact) mass is 664 g/mol. The Labute approximate surface area is 277 Å². The SMILES string of the molecule is CC.CC.CC.COP(OC)C(=O)c1ccc(C=Cc2ccc3ccccc3c2C=Cc2ccc(CP(=O)(OC)OC)cc2)cc1. The fourth-order valence-electron chi connectivity index (χ4n) is 4.25. The number of hydrogen-bond donors (Lipinski definition) is 0. The molecule has 0 saturated heterocycles. The van der Waals surface area contributed by atoms with E-state index in [9.17, 15) is 9.36 Å². The van der Waals surface area contributed by atoms with Crippen LogP contribution in [0.2, 0.25) is 0 Å². The number of fused-ring (bicyclic) bond motifs is 1. The van der Waals surface area contributed by atoms with E-state index >= 15 is 0 Å². The number of benzene rings is 4. The Morgan fingerprint density at radius 2 is 1.17 bits per heavy atom. The van der Waals surface area contributed by atoms with Crippen LogP contribution in [0.4, 0.5) is 0 Å². The molecule has 4 aromatic carbocycles. The number of hydrogen-bond acceptors (Lipinski definition) is 6. The van der Waals surface area contributed by atoms with Crippen LogP contribution in [0.15, 0.2) is 84.9 Å². The molecule has 0 saturated carbocycles. The van der Waals surface area contributed by atoms with Crippen LogP contribution >= 0.6 is 16.0 Å². The summed E-state index contributed by atoms with van der Waals surface area (Å²) in [4.78, 5) is 12.5. The average molecular weight is 665 g/mol. The van der Waals surface area contributed by atoms with Gasteiger partial charge in [0.05, 0.1) is 6.16 Å². The molecule has 0 bridgehead atoms. The van der Waals surface area contributed by atoms with Crippen molar-refractivity contribution >= 4 is 56.6 Å². The van der Waals surface area contributed by atoms with E-state index in [1.54, 1.807) is 12.1 Å². The Morgan fingerprint density at radius 1 is 0.652 bits per heavy atom. The molecule has 0 atom stereocenters. The van der Waals surface area contributed by atoms with Crippen molar-refractivity contribution in [3.63, 3.8) is 0 Å². The summed E-state index contributed by atoms with van der Waals surface area (Å²) in [6.07, 6.45) is 8.52. The highest BCUT2D eigenvalue weighted by atomic mass is 31.2. The Bertz CT molecular complexity index is 1550. The molecule has 0 unspecified atom stereocenters. The van der Waals surface area contributed by atoms with Crippen molar-refractivity contribution < 1.29 is 27.5 Å². The van der Waals surface area contributed by atoms with Gasteiger partial charge >= 0.3 is 7.60 Å². The molecule has 0 radical (unpaired) electrons. The van der Waals surface area contributed by atoms with Crippen LogP contribution in [0.3, 0.4) is 0 Å². The van der Waals surface area contributed by atoms with Crippen LogP contribution in [0.1, 0.15) is 79.7 Å². The van der Waals surface area contributed by atoms with Crippen molar-refractivity contribution in [3.8, 4) is 0 Å². The number of carbonyl (C=O) groups excluding carboxylic acids is 1. The van der Waals surface area contributed by atoms with E-state index in [2.05, 4.69) is 42.5 Å². The van der Waals surface area contributed by atoms with E-state index in [1.807, 2.05) is 96.1 Å². The fraction of sp³-hybridized carbons (Fsp3) is 0.289. The lowest BCUT2D eigenvalue weighted by atomic mass is 9.97. The van der Waals surface area contributed by atoms with Gasteiger partial charge in [0.1, 0.15) is 0 Å². The van der Waals surface area contributed by atoms with Crippen LogP contribution in [-0.2, 0) is 28.8 Å². The summed E-state index contributed by atoms with van der Waals surface area (Å²) in [7, 11) is 1.03. The van der Waals surface area contributed by atoms with Crippen molar-refractivity contribution in [3.05, 3.63) is 118 Å². The molecule has 8 heteroatoms. The van der Waals surface area contributed by atoms with Gasteiger partial charge in [-0.2, -0.15) is 0 Å². The predicted octanol–water partition coefficient (Wildman–Crippen LogP) is 12.0. The maximum Gasteiger partial charge on any atom is 0.334 e. The third-order valence-electron chi connectivity index (χ3n) is 6.47. The zero-order chi connectivity index (χ0) is 34.5. The second-order valence-corrected chi connectivity index (χ2v) is 12.8. The van der Waals surface area contributed by atoms with E-state index in [0.717, 1.165) is 38.6 Å². The maximum absolute atomic E-state index is 12.5. The van der Waals surface area contributed by atoms with E-state index in [4.69, 9.17) is 18.1 Å². The standard InChI is InChI=1S/C32H32O6P2.3C2H6/c1-35-39(36-2)32(33)29-18-14-25(15-19-29)13-17-28-21-20-27-7-5-6-8-30(27)31(28)22-16-24-9-11-26(12-10-24)23-40(34,37-3)38-4;3*1-2/h5-22H,23H2,1-4H3;3*1-2H3. The Morgan fingerprint density at radius 3 is 1.72 bits per heavy atom. The van der Waals surface area contributed by atoms with Crippen molar-refractivity contribution in [1.82, 2.24) is 0 Å². The molecule has 4 aromatic rings. The van der Waals surface area contributed by atoms with Crippen LogP contribution in [0.25, 0.3) is 35.1 Å². The first-order valence-electron chi connectivity index (χ1n) is 15.6. The zero-order valence-electron chi connectivity index (χ0n) is 28.9. The van der Waals surface area contributed by atoms with Crippen molar-refractivity contribution in [2.75, 3.05) is 28.4 Å². The Hall–Kier alpha value is -3.21. The van der Waals surface area contributed by atoms with E-state index in [1.165, 1.54) is 28.4 Å². The molecule has 0 spiro atoms. The van der Waals surface area contributed by atoms with Gasteiger partial charge in [0.2, 0.25) is 13.9 Å². The van der Waals surface area contributed by atoms with Crippen molar-refractivity contribution in [2.45, 2.75) is 47.7 Å². The maximum atomic E-state index is 12.5. The van der Waals surface area contributed by atoms with Crippen LogP contribution in [-0.4, -0.2) is 34.0 Å². The topological polar surface area (TPSA) is 71.1 Å². The molecule has 4 rings (SSSR count). The molecule has 0 fully saturated rings. The van der Waals surface area contributed by atoms with Gasteiger partial charge in [-0.25, -0.2) is 0 Å². The lowest BCUT2D eigenvalue weighted by molar-refractivity contribution is 0.105. The highest BCUT2D eigenvalue weighted by Gasteiger charge is 2.21. The quantitative estimate of drug-likeness (QED) is 0.111. The molecular weight excluding hydrogens is 614 g/mol. The number of rotatable bonds is 12. The highest BCUT2D eigenvalue weighted by molar-refractivity contribution is 7.66. The fourth-order valence-corrected chi connectivity index (χ4v) is 6.16. The molecule has 0 heterocycles. The largest absolute Gasteiger partial charge is 0.334 e. The van der Waals surface area contributed by atoms with Gasteiger partial charge in [0, 0.05) is 34.0 Å². The van der Waals surface area contributed by atoms with Gasteiger partial charge in [0.15, 0.2) is 0 Å². The summed E-state index contributed by atoms with van der Waals surface area (Å²) in [5.74, 6) is 0. The highest BCUT2D eigenvalue weighted by Crippen LogP contribution is 2.49. The predicted molar refractivity (Wildman–Crippen MR) is 199 cm³/mol. The molecule has 0 aliphatic rings. The molecule has 46 heavy (non-hydrogen) atoms. The molecule has 248 valence electrons. The van der Waals surface area contributed by atoms with Gasteiger partial charge in [-0.05, 0) is 38.6 Å². The Balaban J connectivity index is 0.00000166. The molecule has 0 aliphatic heterocycles. The minimum Gasteiger partial charge on any atom is -0.332 e. The summed E-state index contributed by atoms with van der Waals surface area (Å²) in [6.45, 7) is 12.0. The van der Waals surface area contributed by atoms with E-state index < -0.39 is 16.0 Å². The average Bonchev–Trinajstić information content (AvgIpc) is 3.13. The Kier molecular flexibility index (Phi) is 19.8. The molecule has 0 amide bonds. The normalized spacial score (nSPS) is 11.0. The lowest BCUT2D eigenvalue weighted by Crippen LogP contribution is -1.99. The van der Waals surface area contributed by atoms with E-state index in [-0.39, 0.29) is 11.7 Å². The van der Waals surface area contributed by atoms with Crippen molar-refractivity contribution in [1.29, 1.82) is 0 Å². The van der Waals surface area contributed by atoms with Crippen LogP contribution in [0.5, 0.6) is 0 Å². The summed E-state index contributed by atoms with van der Waals surface area (Å²) in [6, 6.07) is 27.8. The third-order valence-corrected chi connectivity index (χ3v) is 9.59. The van der Waals surface area contributed by atoms with Gasteiger partial charge in [0.25, 0.3) is 0 Å². The van der Waals surface area contributed by atoms with Gasteiger partial charge in [-0.3, -0.25) is 9.36 Å². The van der Waals surface area contributed by atoms with Crippen molar-refractivity contribution in [2.24, 2.45) is 0 Å². The second-order valence-electron chi connectivity index (χ2n) is 8.88. The zero-order valence-corrected chi connectivity index (χ0v) is 30.7. The summed E-state index contributed by atoms with van der Waals surface area (Å²) in [5, 5.41) is 2.30. The summed E-state index contributed by atoms with van der Waals surface area (Å²) < 4.78 is 32.8.